The summed E-state index contributed by atoms with van der Waals surface area (Å²) in [5.41, 5.74) is -8.74. The molecule has 0 aromatic heterocycles. The topological polar surface area (TPSA) is 194 Å². The Bertz CT molecular complexity index is 1800. The quantitative estimate of drug-likeness (QED) is 0.217. The van der Waals surface area contributed by atoms with Gasteiger partial charge in [-0.15, -0.1) is 0 Å². The van der Waals surface area contributed by atoms with Gasteiger partial charge >= 0.3 is 17.9 Å². The number of rotatable bonds is 5. The molecule has 10 rings (SSSR count). The standard InChI is InChI=1S/C43H56O13/c1-22(2)19-32(46)51-28-13-9-10-14-31(45)52-30-18-17-29-40(30,49)37(47)39(21-44)35(53-39)33-36-42(50,38(5,48)20-25-15-16-27(28)23(25)3)34-24(4)41(29,33)56-43(54-34,55-36)26-11-7-6-8-12-26/h6-14,22-25,27-30,33-37,44,47-50H,15-21H2,1-5H3. The van der Waals surface area contributed by atoms with Crippen LogP contribution in [0.3, 0.4) is 0 Å². The van der Waals surface area contributed by atoms with E-state index in [1.807, 2.05) is 39.0 Å². The highest BCUT2D eigenvalue weighted by molar-refractivity contribution is 5.82. The molecule has 13 nitrogen and oxygen atoms in total. The Kier molecular flexibility index (Phi) is 8.93. The van der Waals surface area contributed by atoms with Crippen LogP contribution < -0.4 is 0 Å². The largest absolute Gasteiger partial charge is 0.458 e. The number of esters is 2. The van der Waals surface area contributed by atoms with Gasteiger partial charge in [0.15, 0.2) is 0 Å². The minimum absolute atomic E-state index is 0.0587. The number of allylic oxidation sites excluding steroid dienone is 2. The maximum Gasteiger partial charge on any atom is 0.331 e. The normalized spacial score (nSPS) is 52.7. The summed E-state index contributed by atoms with van der Waals surface area (Å²) in [5, 5.41) is 62.8. The van der Waals surface area contributed by atoms with Crippen molar-refractivity contribution in [1.82, 2.24) is 0 Å². The van der Waals surface area contributed by atoms with Gasteiger partial charge in [0.25, 0.3) is 0 Å². The van der Waals surface area contributed by atoms with E-state index in [2.05, 4.69) is 6.92 Å². The van der Waals surface area contributed by atoms with Gasteiger partial charge < -0.3 is 54.0 Å². The molecule has 1 aromatic carbocycles. The van der Waals surface area contributed by atoms with Crippen LogP contribution in [0.1, 0.15) is 78.7 Å². The van der Waals surface area contributed by atoms with Gasteiger partial charge in [-0.3, -0.25) is 4.79 Å². The van der Waals surface area contributed by atoms with Crippen LogP contribution in [-0.4, -0.2) is 109 Å². The molecule has 4 saturated carbocycles. The van der Waals surface area contributed by atoms with Gasteiger partial charge in [-0.2, -0.15) is 0 Å². The summed E-state index contributed by atoms with van der Waals surface area (Å²) in [6.07, 6.45) is 1.39. The third kappa shape index (κ3) is 5.05. The fourth-order valence-electron chi connectivity index (χ4n) is 12.7. The fourth-order valence-corrected chi connectivity index (χ4v) is 12.7. The average molecular weight is 781 g/mol. The molecule has 0 amide bonds. The minimum Gasteiger partial charge on any atom is -0.458 e. The molecule has 0 radical (unpaired) electrons. The number of hydrogen-bond acceptors (Lipinski definition) is 13. The Morgan fingerprint density at radius 1 is 0.964 bits per heavy atom. The van der Waals surface area contributed by atoms with Crippen molar-refractivity contribution in [2.45, 2.75) is 144 Å². The molecule has 13 heteroatoms. The van der Waals surface area contributed by atoms with Gasteiger partial charge in [0.05, 0.1) is 17.8 Å². The first-order valence-corrected chi connectivity index (χ1v) is 20.5. The van der Waals surface area contributed by atoms with E-state index in [9.17, 15) is 35.1 Å². The van der Waals surface area contributed by atoms with E-state index < -0.39 is 101 Å². The summed E-state index contributed by atoms with van der Waals surface area (Å²) >= 11 is 0. The number of epoxide rings is 1. The van der Waals surface area contributed by atoms with E-state index in [1.54, 1.807) is 31.2 Å². The predicted octanol–water partition coefficient (Wildman–Crippen LogP) is 2.79. The molecule has 306 valence electrons. The van der Waals surface area contributed by atoms with Gasteiger partial charge in [-0.1, -0.05) is 70.2 Å². The van der Waals surface area contributed by atoms with E-state index >= 15 is 0 Å². The van der Waals surface area contributed by atoms with Gasteiger partial charge in [0.2, 0.25) is 0 Å². The Balaban J connectivity index is 1.21. The molecule has 8 fully saturated rings. The smallest absolute Gasteiger partial charge is 0.331 e. The minimum atomic E-state index is -2.18. The van der Waals surface area contributed by atoms with Gasteiger partial charge in [-0.25, -0.2) is 4.79 Å². The summed E-state index contributed by atoms with van der Waals surface area (Å²) in [5.74, 6) is -5.74. The lowest BCUT2D eigenvalue weighted by Crippen LogP contribution is -2.89. The van der Waals surface area contributed by atoms with Crippen LogP contribution in [0.4, 0.5) is 0 Å². The number of ether oxygens (including phenoxy) is 6. The van der Waals surface area contributed by atoms with Crippen molar-refractivity contribution in [3.8, 4) is 0 Å². The third-order valence-electron chi connectivity index (χ3n) is 15.4. The first-order valence-electron chi connectivity index (χ1n) is 20.5. The van der Waals surface area contributed by atoms with Crippen LogP contribution in [0.5, 0.6) is 0 Å². The van der Waals surface area contributed by atoms with E-state index in [4.69, 9.17) is 28.4 Å². The van der Waals surface area contributed by atoms with Crippen molar-refractivity contribution in [2.75, 3.05) is 6.61 Å². The number of aliphatic hydroxyl groups is 5. The molecule has 56 heavy (non-hydrogen) atoms. The van der Waals surface area contributed by atoms with Crippen LogP contribution in [0.15, 0.2) is 54.6 Å². The number of carbonyl (C=O) groups excluding carboxylic acids is 2. The zero-order chi connectivity index (χ0) is 39.8. The SMILES string of the molecule is CC(C)CC(=O)OC1C=CC=CC(=O)OC2CCC3C2(O)C(O)C2(CO)OC2C2C4OC5(c6ccccc6)OC(C(C)C23O5)C4(O)C(C)(O)CC2CCC1C2C. The molecule has 4 aliphatic carbocycles. The van der Waals surface area contributed by atoms with Crippen molar-refractivity contribution in [2.24, 2.45) is 41.4 Å². The highest BCUT2D eigenvalue weighted by Gasteiger charge is 2.90. The molecule has 18 unspecified atom stereocenters. The first-order chi connectivity index (χ1) is 26.5. The fraction of sp³-hybridized carbons (Fsp3) is 0.721. The molecule has 1 aromatic rings. The maximum absolute atomic E-state index is 13.5. The number of carbonyl (C=O) groups is 2. The monoisotopic (exact) mass is 780 g/mol. The number of benzene rings is 1. The third-order valence-corrected chi connectivity index (χ3v) is 15.4. The Morgan fingerprint density at radius 2 is 1.70 bits per heavy atom. The van der Waals surface area contributed by atoms with Crippen molar-refractivity contribution in [3.63, 3.8) is 0 Å². The Labute approximate surface area is 326 Å². The maximum atomic E-state index is 13.5. The second-order valence-corrected chi connectivity index (χ2v) is 18.7. The predicted molar refractivity (Wildman–Crippen MR) is 196 cm³/mol. The van der Waals surface area contributed by atoms with Crippen molar-refractivity contribution < 1.29 is 63.5 Å². The number of hydrogen-bond donors (Lipinski definition) is 5. The van der Waals surface area contributed by atoms with Crippen molar-refractivity contribution in [3.05, 3.63) is 60.2 Å². The lowest BCUT2D eigenvalue weighted by molar-refractivity contribution is -0.595. The molecule has 18 atom stereocenters. The van der Waals surface area contributed by atoms with Crippen LogP contribution in [0.25, 0.3) is 0 Å². The molecular formula is C43H56O13. The Hall–Kier alpha value is -2.72. The molecule has 5 aliphatic heterocycles. The summed E-state index contributed by atoms with van der Waals surface area (Å²) in [4.78, 5) is 26.6. The summed E-state index contributed by atoms with van der Waals surface area (Å²) < 4.78 is 39.3. The highest BCUT2D eigenvalue weighted by Crippen LogP contribution is 2.74. The average Bonchev–Trinajstić information content (AvgIpc) is 3.66. The summed E-state index contributed by atoms with van der Waals surface area (Å²) in [6.45, 7) is 8.76. The molecule has 5 N–H and O–H groups in total. The molecule has 9 aliphatic rings. The van der Waals surface area contributed by atoms with E-state index in [1.165, 1.54) is 12.2 Å². The van der Waals surface area contributed by atoms with Gasteiger partial charge in [0.1, 0.15) is 53.4 Å². The van der Waals surface area contributed by atoms with Gasteiger partial charge in [-0.05, 0) is 62.9 Å². The first kappa shape index (κ1) is 38.8. The second-order valence-electron chi connectivity index (χ2n) is 18.7. The lowest BCUT2D eigenvalue weighted by Gasteiger charge is -2.74. The highest BCUT2D eigenvalue weighted by atomic mass is 16.9. The molecule has 1 spiro atoms. The van der Waals surface area contributed by atoms with Gasteiger partial charge in [0, 0.05) is 41.7 Å². The molecule has 5 heterocycles. The van der Waals surface area contributed by atoms with E-state index in [0.717, 1.165) is 0 Å². The van der Waals surface area contributed by atoms with Crippen molar-refractivity contribution in [1.29, 1.82) is 0 Å². The van der Waals surface area contributed by atoms with E-state index in [-0.39, 0.29) is 55.3 Å². The Morgan fingerprint density at radius 3 is 2.41 bits per heavy atom. The van der Waals surface area contributed by atoms with Crippen LogP contribution >= 0.6 is 0 Å². The number of aliphatic hydroxyl groups excluding tert-OH is 2. The zero-order valence-corrected chi connectivity index (χ0v) is 32.7. The van der Waals surface area contributed by atoms with E-state index in [0.29, 0.717) is 18.4 Å². The van der Waals surface area contributed by atoms with Crippen LogP contribution in [0.2, 0.25) is 0 Å². The summed E-state index contributed by atoms with van der Waals surface area (Å²) in [7, 11) is 0. The molecule has 4 saturated heterocycles. The second kappa shape index (κ2) is 12.9. The molecular weight excluding hydrogens is 724 g/mol. The van der Waals surface area contributed by atoms with Crippen molar-refractivity contribution >= 4 is 11.9 Å². The van der Waals surface area contributed by atoms with Crippen LogP contribution in [-0.2, 0) is 44.0 Å². The number of fused-ring (bicyclic) bond motifs is 3. The summed E-state index contributed by atoms with van der Waals surface area (Å²) in [6, 6.07) is 9.03. The molecule has 10 bridgehead atoms. The lowest BCUT2D eigenvalue weighted by atomic mass is 9.49. The van der Waals surface area contributed by atoms with Crippen LogP contribution in [0, 0.1) is 41.4 Å². The zero-order valence-electron chi connectivity index (χ0n) is 32.7.